The molecule has 1 aliphatic carbocycles. The number of quaternary nitrogens is 2. The van der Waals surface area contributed by atoms with Crippen LogP contribution in [0.2, 0.25) is 0 Å². The highest BCUT2D eigenvalue weighted by atomic mass is 16.4. The van der Waals surface area contributed by atoms with Gasteiger partial charge in [-0.3, -0.25) is 14.4 Å². The van der Waals surface area contributed by atoms with Crippen molar-refractivity contribution in [2.45, 2.75) is 45.4 Å². The highest BCUT2D eigenvalue weighted by Crippen LogP contribution is 2.51. The second kappa shape index (κ2) is 10.1. The van der Waals surface area contributed by atoms with Crippen molar-refractivity contribution < 1.29 is 38.4 Å². The molecule has 5 aliphatic heterocycles. The van der Waals surface area contributed by atoms with Crippen LogP contribution in [-0.4, -0.2) is 106 Å². The van der Waals surface area contributed by atoms with Gasteiger partial charge < -0.3 is 29.8 Å². The summed E-state index contributed by atoms with van der Waals surface area (Å²) in [5, 5.41) is 20.3. The minimum absolute atomic E-state index is 0.0536. The van der Waals surface area contributed by atoms with Gasteiger partial charge in [0.15, 0.2) is 5.78 Å². The number of carbonyl (C=O) groups excluding carboxylic acids is 3. The van der Waals surface area contributed by atoms with E-state index in [0.717, 1.165) is 78.9 Å². The Morgan fingerprint density at radius 2 is 1.61 bits per heavy atom. The monoisotopic (exact) mass is 600 g/mol. The lowest BCUT2D eigenvalue weighted by Gasteiger charge is -2.55. The van der Waals surface area contributed by atoms with Gasteiger partial charge in [-0.25, -0.2) is 4.79 Å². The zero-order chi connectivity index (χ0) is 31.1. The summed E-state index contributed by atoms with van der Waals surface area (Å²) in [6.07, 6.45) is 0.430. The van der Waals surface area contributed by atoms with Gasteiger partial charge in [0.25, 0.3) is 0 Å². The largest absolute Gasteiger partial charge is 0.477 e. The van der Waals surface area contributed by atoms with Crippen LogP contribution in [0.1, 0.15) is 53.7 Å². The predicted octanol–water partition coefficient (Wildman–Crippen LogP) is 1.98. The zero-order valence-electron chi connectivity index (χ0n) is 25.3. The van der Waals surface area contributed by atoms with Crippen molar-refractivity contribution in [3.63, 3.8) is 0 Å². The van der Waals surface area contributed by atoms with Crippen LogP contribution in [0, 0.1) is 11.8 Å². The Kier molecular flexibility index (Phi) is 6.62. The topological polar surface area (TPSA) is 138 Å². The van der Waals surface area contributed by atoms with Gasteiger partial charge in [0.1, 0.15) is 51.5 Å². The number of piperazine rings is 3. The van der Waals surface area contributed by atoms with Gasteiger partial charge in [0.2, 0.25) is 11.8 Å². The molecule has 0 saturated carbocycles. The summed E-state index contributed by atoms with van der Waals surface area (Å²) in [6, 6.07) is 11.3. The molecule has 0 aromatic heterocycles. The van der Waals surface area contributed by atoms with Crippen LogP contribution in [0.3, 0.4) is 0 Å². The van der Waals surface area contributed by atoms with Crippen molar-refractivity contribution >= 4 is 29.1 Å². The van der Waals surface area contributed by atoms with Crippen LogP contribution in [-0.2, 0) is 20.9 Å². The van der Waals surface area contributed by atoms with E-state index in [1.807, 2.05) is 25.1 Å². The van der Waals surface area contributed by atoms with E-state index >= 15 is 0 Å². The van der Waals surface area contributed by atoms with E-state index in [0.29, 0.717) is 28.7 Å². The van der Waals surface area contributed by atoms with Gasteiger partial charge >= 0.3 is 5.97 Å². The van der Waals surface area contributed by atoms with E-state index in [4.69, 9.17) is 5.73 Å². The number of aliphatic carboxylic acids is 1. The fraction of sp³-hybridized carbons (Fsp3) is 0.471. The quantitative estimate of drug-likeness (QED) is 0.254. The number of benzene rings is 2. The molecule has 230 valence electrons. The molecule has 2 bridgehead atoms. The molecule has 0 unspecified atom stereocenters. The summed E-state index contributed by atoms with van der Waals surface area (Å²) >= 11 is 0. The molecule has 4 saturated heterocycles. The van der Waals surface area contributed by atoms with Gasteiger partial charge in [0.05, 0.1) is 24.6 Å². The Labute approximate surface area is 256 Å². The minimum atomic E-state index is -1.18. The summed E-state index contributed by atoms with van der Waals surface area (Å²) < 4.78 is 2.13. The van der Waals surface area contributed by atoms with Crippen LogP contribution < -0.4 is 5.73 Å². The predicted molar refractivity (Wildman–Crippen MR) is 162 cm³/mol. The number of nitrogens with zero attached hydrogens (tertiary/aromatic N) is 3. The number of aliphatic hydroxyl groups is 1. The molecule has 2 aromatic rings. The number of carbonyl (C=O) groups is 4. The van der Waals surface area contributed by atoms with Crippen molar-refractivity contribution in [1.82, 2.24) is 4.90 Å². The molecule has 10 nitrogen and oxygen atoms in total. The van der Waals surface area contributed by atoms with E-state index in [1.54, 1.807) is 13.0 Å². The molecule has 2 amide bonds. The molecule has 4 fully saturated rings. The van der Waals surface area contributed by atoms with Crippen LogP contribution in [0.25, 0.3) is 16.7 Å². The van der Waals surface area contributed by atoms with E-state index in [2.05, 4.69) is 12.1 Å². The molecule has 10 heteroatoms. The first-order chi connectivity index (χ1) is 20.9. The van der Waals surface area contributed by atoms with Gasteiger partial charge in [0, 0.05) is 35.4 Å². The second-order valence-electron chi connectivity index (χ2n) is 13.8. The lowest BCUT2D eigenvalue weighted by molar-refractivity contribution is -1.09. The third kappa shape index (κ3) is 4.26. The number of ketones is 1. The average molecular weight is 601 g/mol. The first kappa shape index (κ1) is 28.9. The number of carboxylic acid groups (broad SMARTS) is 1. The normalized spacial score (nSPS) is 30.6. The molecule has 8 rings (SSSR count). The zero-order valence-corrected chi connectivity index (χ0v) is 25.3. The number of aliphatic hydroxyl groups excluding tert-OH is 1. The highest BCUT2D eigenvalue weighted by Gasteiger charge is 2.60. The van der Waals surface area contributed by atoms with Crippen molar-refractivity contribution in [3.8, 4) is 11.1 Å². The molecule has 6 aliphatic rings. The maximum Gasteiger partial charge on any atom is 0.352 e. The summed E-state index contributed by atoms with van der Waals surface area (Å²) in [6.45, 7) is 12.0. The highest BCUT2D eigenvalue weighted by molar-refractivity contribution is 6.22. The first-order valence-electron chi connectivity index (χ1n) is 15.7. The smallest absolute Gasteiger partial charge is 0.352 e. The van der Waals surface area contributed by atoms with Gasteiger partial charge in [-0.1, -0.05) is 25.1 Å². The van der Waals surface area contributed by atoms with E-state index in [1.165, 1.54) is 10.5 Å². The molecular weight excluding hydrogens is 560 g/mol. The molecule has 0 radical (unpaired) electrons. The second-order valence-corrected chi connectivity index (χ2v) is 13.8. The number of primary amides is 1. The van der Waals surface area contributed by atoms with Crippen LogP contribution in [0.4, 0.5) is 0 Å². The number of fused-ring (bicyclic) bond motifs is 7. The number of β-lactam (4-membered cyclic amide) rings is 1. The number of nitrogens with two attached hydrogens (primary N) is 1. The Bertz CT molecular complexity index is 1640. The molecule has 5 heterocycles. The Morgan fingerprint density at radius 1 is 0.955 bits per heavy atom. The van der Waals surface area contributed by atoms with Gasteiger partial charge in [-0.05, 0) is 47.4 Å². The third-order valence-corrected chi connectivity index (χ3v) is 11.3. The van der Waals surface area contributed by atoms with E-state index in [-0.39, 0.29) is 29.2 Å². The van der Waals surface area contributed by atoms with Gasteiger partial charge in [-0.2, -0.15) is 0 Å². The summed E-state index contributed by atoms with van der Waals surface area (Å²) in [5.41, 5.74) is 10.6. The average Bonchev–Trinajstić information content (AvgIpc) is 3.41. The molecule has 4 N–H and O–H groups in total. The van der Waals surface area contributed by atoms with Crippen LogP contribution >= 0.6 is 0 Å². The Morgan fingerprint density at radius 3 is 2.25 bits per heavy atom. The van der Waals surface area contributed by atoms with Gasteiger partial charge in [-0.15, -0.1) is 0 Å². The Hall–Kier alpha value is -3.86. The fourth-order valence-corrected chi connectivity index (χ4v) is 8.83. The number of hydrogen-bond acceptors (Lipinski definition) is 5. The van der Waals surface area contributed by atoms with Crippen molar-refractivity contribution in [2.75, 3.05) is 45.8 Å². The lowest BCUT2D eigenvalue weighted by atomic mass is 9.76. The van der Waals surface area contributed by atoms with Crippen molar-refractivity contribution in [3.05, 3.63) is 64.3 Å². The number of carboxylic acids is 1. The van der Waals surface area contributed by atoms with Crippen LogP contribution in [0.5, 0.6) is 0 Å². The van der Waals surface area contributed by atoms with E-state index in [9.17, 15) is 29.4 Å². The number of rotatable bonds is 9. The summed E-state index contributed by atoms with van der Waals surface area (Å²) in [4.78, 5) is 51.3. The molecule has 4 atom stereocenters. The maximum atomic E-state index is 13.6. The standard InChI is InChI=1S/C34H38N4O6/c1-19-28(31(34(43)44)36-30(19)29(20(2)39)33(36)42)22-6-8-23-25-16-21(5-7-24(25)32(41)26(23)17-22)18-38-13-10-37(11-14-38,12-15-38)9-3-4-27(35)40/h5-8,16-17,19-20,29-30,39H,3-4,9-15,18H2,1-2H3,(H-2,35,40,43,44)/p+2/t19-,20+,29+,30+,37?,38?/m0/s1. The Balaban J connectivity index is 1.13. The third-order valence-electron chi connectivity index (χ3n) is 11.3. The first-order valence-corrected chi connectivity index (χ1v) is 15.7. The SMILES string of the molecule is C[C@@H](O)[C@H]1C(=O)N2C(C(=O)O)=C(c3ccc4c(c3)C(=O)c3ccc(C[N+]56CC[N+](CCCC(N)=O)(CC5)CC6)cc3-4)[C@H](C)[C@H]12. The molecule has 0 spiro atoms. The maximum absolute atomic E-state index is 13.6. The molecule has 44 heavy (non-hydrogen) atoms. The number of hydrogen-bond donors (Lipinski definition) is 3. The fourth-order valence-electron chi connectivity index (χ4n) is 8.83. The van der Waals surface area contributed by atoms with Crippen molar-refractivity contribution in [2.24, 2.45) is 17.6 Å². The molecule has 2 aromatic carbocycles. The summed E-state index contributed by atoms with van der Waals surface area (Å²) in [7, 11) is 0. The molecular formula is C34H40N4O6+2. The van der Waals surface area contributed by atoms with Crippen molar-refractivity contribution in [1.29, 1.82) is 0 Å². The summed E-state index contributed by atoms with van der Waals surface area (Å²) in [5.74, 6) is -2.80. The van der Waals surface area contributed by atoms with E-state index < -0.39 is 24.0 Å². The number of amides is 2. The van der Waals surface area contributed by atoms with Crippen LogP contribution in [0.15, 0.2) is 42.1 Å². The lowest BCUT2D eigenvalue weighted by Crippen LogP contribution is -2.74. The minimum Gasteiger partial charge on any atom is -0.477 e.